The molecule has 0 amide bonds. The lowest BCUT2D eigenvalue weighted by atomic mass is 9.62. The molecule has 2 nitrogen and oxygen atoms in total. The number of hydrogen-bond donors (Lipinski definition) is 1. The van der Waals surface area contributed by atoms with E-state index in [1.165, 1.54) is 46.4 Å². The fourth-order valence-electron chi connectivity index (χ4n) is 3.69. The molecule has 1 N–H and O–H groups in total. The van der Waals surface area contributed by atoms with E-state index in [1.807, 2.05) is 6.07 Å². The van der Waals surface area contributed by atoms with E-state index in [1.54, 1.807) is 0 Å². The van der Waals surface area contributed by atoms with Gasteiger partial charge in [-0.3, -0.25) is 0 Å². The van der Waals surface area contributed by atoms with Crippen molar-refractivity contribution in [1.82, 2.24) is 0 Å². The molecular weight excluding hydrogens is 328 g/mol. The van der Waals surface area contributed by atoms with Crippen LogP contribution in [0.15, 0.2) is 23.6 Å². The molecule has 3 heteroatoms. The number of benzene rings is 1. The van der Waals surface area contributed by atoms with Crippen LogP contribution in [0.3, 0.4) is 0 Å². The van der Waals surface area contributed by atoms with E-state index in [0.717, 1.165) is 10.4 Å². The summed E-state index contributed by atoms with van der Waals surface area (Å²) in [6.07, 6.45) is 2.40. The Morgan fingerprint density at radius 1 is 1.08 bits per heavy atom. The van der Waals surface area contributed by atoms with Gasteiger partial charge >= 0.3 is 5.97 Å². The third kappa shape index (κ3) is 3.37. The minimum atomic E-state index is -1.09. The Kier molecular flexibility index (Phi) is 4.29. The van der Waals surface area contributed by atoms with Crippen molar-refractivity contribution >= 4 is 17.3 Å². The lowest BCUT2D eigenvalue weighted by Crippen LogP contribution is -2.34. The first-order valence-electron chi connectivity index (χ1n) is 8.60. The molecule has 0 aliphatic heterocycles. The molecule has 0 unspecified atom stereocenters. The number of aliphatic carboxylic acids is 1. The largest absolute Gasteiger partial charge is 0.472 e. The van der Waals surface area contributed by atoms with Crippen molar-refractivity contribution in [3.63, 3.8) is 0 Å². The Balaban J connectivity index is 2.11. The van der Waals surface area contributed by atoms with E-state index < -0.39 is 5.97 Å². The Bertz CT molecular complexity index is 904. The number of aryl methyl sites for hydroxylation is 1. The fraction of sp³-hybridized carbons (Fsp3) is 0.409. The molecule has 0 spiro atoms. The normalized spacial score (nSPS) is 17.3. The first-order chi connectivity index (χ1) is 11.6. The van der Waals surface area contributed by atoms with Gasteiger partial charge in [0, 0.05) is 5.92 Å². The van der Waals surface area contributed by atoms with Gasteiger partial charge in [-0.2, -0.15) is 0 Å². The minimum absolute atomic E-state index is 0.176. The fourth-order valence-corrected chi connectivity index (χ4v) is 4.45. The van der Waals surface area contributed by atoms with Crippen molar-refractivity contribution in [1.29, 1.82) is 0 Å². The molecule has 1 aromatic heterocycles. The van der Waals surface area contributed by atoms with Crippen LogP contribution in [0.2, 0.25) is 0 Å². The molecule has 0 bridgehead atoms. The van der Waals surface area contributed by atoms with Crippen LogP contribution in [0.4, 0.5) is 0 Å². The average Bonchev–Trinajstić information content (AvgIpc) is 2.98. The second kappa shape index (κ2) is 6.04. The molecule has 0 fully saturated rings. The highest BCUT2D eigenvalue weighted by Gasteiger charge is 2.37. The summed E-state index contributed by atoms with van der Waals surface area (Å²) in [5.41, 5.74) is 6.90. The Morgan fingerprint density at radius 2 is 1.68 bits per heavy atom. The van der Waals surface area contributed by atoms with E-state index in [4.69, 9.17) is 5.11 Å². The number of carboxylic acids is 1. The highest BCUT2D eigenvalue weighted by molar-refractivity contribution is 7.11. The molecule has 1 aliphatic carbocycles. The molecule has 1 aromatic carbocycles. The van der Waals surface area contributed by atoms with Crippen molar-refractivity contribution < 1.29 is 9.90 Å². The summed E-state index contributed by atoms with van der Waals surface area (Å²) in [5, 5.41) is 10.8. The number of hydrogen-bond acceptors (Lipinski definition) is 2. The van der Waals surface area contributed by atoms with E-state index in [-0.39, 0.29) is 10.8 Å². The lowest BCUT2D eigenvalue weighted by Gasteiger charge is -2.42. The zero-order chi connectivity index (χ0) is 18.4. The van der Waals surface area contributed by atoms with Crippen molar-refractivity contribution in [2.24, 2.45) is 0 Å². The van der Waals surface area contributed by atoms with E-state index in [9.17, 15) is 4.79 Å². The molecule has 1 heterocycles. The summed E-state index contributed by atoms with van der Waals surface area (Å²) in [6.45, 7) is 11.5. The molecule has 0 radical (unpaired) electrons. The first kappa shape index (κ1) is 17.8. The number of rotatable bonds is 1. The van der Waals surface area contributed by atoms with Crippen molar-refractivity contribution in [3.05, 3.63) is 45.1 Å². The molecule has 0 atom stereocenters. The van der Waals surface area contributed by atoms with Gasteiger partial charge in [0.2, 0.25) is 0 Å². The van der Waals surface area contributed by atoms with Crippen molar-refractivity contribution in [2.45, 2.75) is 58.3 Å². The summed E-state index contributed by atoms with van der Waals surface area (Å²) < 4.78 is 0. The number of thiophene rings is 1. The molecule has 130 valence electrons. The van der Waals surface area contributed by atoms with Gasteiger partial charge < -0.3 is 5.11 Å². The summed E-state index contributed by atoms with van der Waals surface area (Å²) in [7, 11) is 0. The molecular formula is C22H24O2S. The quantitative estimate of drug-likeness (QED) is 0.687. The van der Waals surface area contributed by atoms with Crippen LogP contribution in [0, 0.1) is 18.8 Å². The first-order valence-corrected chi connectivity index (χ1v) is 9.48. The second-order valence-corrected chi connectivity index (χ2v) is 9.15. The van der Waals surface area contributed by atoms with Crippen LogP contribution in [-0.2, 0) is 15.6 Å². The van der Waals surface area contributed by atoms with Crippen molar-refractivity contribution in [3.8, 4) is 23.0 Å². The maximum atomic E-state index is 10.6. The third-order valence-corrected chi connectivity index (χ3v) is 6.25. The van der Waals surface area contributed by atoms with Crippen LogP contribution in [0.1, 0.15) is 62.1 Å². The lowest BCUT2D eigenvalue weighted by molar-refractivity contribution is -0.130. The summed E-state index contributed by atoms with van der Waals surface area (Å²) in [4.78, 5) is 11.4. The van der Waals surface area contributed by atoms with E-state index in [2.05, 4.69) is 64.0 Å². The monoisotopic (exact) mass is 352 g/mol. The highest BCUT2D eigenvalue weighted by Crippen LogP contribution is 2.47. The maximum absolute atomic E-state index is 10.6. The Morgan fingerprint density at radius 3 is 2.28 bits per heavy atom. The molecule has 1 aliphatic rings. The minimum Gasteiger partial charge on any atom is -0.472 e. The average molecular weight is 352 g/mol. The van der Waals surface area contributed by atoms with Gasteiger partial charge in [0.25, 0.3) is 0 Å². The molecule has 2 aromatic rings. The predicted octanol–water partition coefficient (Wildman–Crippen LogP) is 5.51. The number of carboxylic acid groups (broad SMARTS) is 1. The molecule has 0 saturated carbocycles. The van der Waals surface area contributed by atoms with Crippen LogP contribution in [-0.4, -0.2) is 11.1 Å². The maximum Gasteiger partial charge on any atom is 0.382 e. The van der Waals surface area contributed by atoms with Crippen LogP contribution in [0.25, 0.3) is 11.1 Å². The van der Waals surface area contributed by atoms with Gasteiger partial charge in [-0.1, -0.05) is 39.8 Å². The summed E-state index contributed by atoms with van der Waals surface area (Å²) in [5.74, 6) is 3.81. The van der Waals surface area contributed by atoms with Gasteiger partial charge in [0.1, 0.15) is 0 Å². The highest BCUT2D eigenvalue weighted by atomic mass is 32.1. The van der Waals surface area contributed by atoms with E-state index in [0.29, 0.717) is 0 Å². The topological polar surface area (TPSA) is 37.3 Å². The SMILES string of the molecule is Cc1cc2c(cc1-c1csc(C#CC(=O)O)c1)C(C)(C)CCC2(C)C. The van der Waals surface area contributed by atoms with Crippen molar-refractivity contribution in [2.75, 3.05) is 0 Å². The van der Waals surface area contributed by atoms with Gasteiger partial charge in [0.05, 0.1) is 4.88 Å². The van der Waals surface area contributed by atoms with Gasteiger partial charge in [0.15, 0.2) is 0 Å². The summed E-state index contributed by atoms with van der Waals surface area (Å²) in [6, 6.07) is 6.70. The molecule has 3 rings (SSSR count). The zero-order valence-corrected chi connectivity index (χ0v) is 16.3. The molecule has 25 heavy (non-hydrogen) atoms. The Hall–Kier alpha value is -2.05. The zero-order valence-electron chi connectivity index (χ0n) is 15.5. The van der Waals surface area contributed by atoms with Gasteiger partial charge in [-0.25, -0.2) is 4.79 Å². The van der Waals surface area contributed by atoms with Gasteiger partial charge in [-0.15, -0.1) is 11.3 Å². The van der Waals surface area contributed by atoms with Crippen LogP contribution < -0.4 is 0 Å². The smallest absolute Gasteiger partial charge is 0.382 e. The van der Waals surface area contributed by atoms with Gasteiger partial charge in [-0.05, 0) is 75.8 Å². The van der Waals surface area contributed by atoms with E-state index >= 15 is 0 Å². The second-order valence-electron chi connectivity index (χ2n) is 8.24. The number of carbonyl (C=O) groups is 1. The standard InChI is InChI=1S/C22H24O2S/c1-14-10-18-19(22(4,5)9-8-21(18,2)3)12-17(14)15-11-16(25-13-15)6-7-20(23)24/h10-13H,8-9H2,1-5H3,(H,23,24). The Labute approximate surface area is 153 Å². The third-order valence-electron chi connectivity index (χ3n) is 5.40. The van der Waals surface area contributed by atoms with Crippen LogP contribution in [0.5, 0.6) is 0 Å². The van der Waals surface area contributed by atoms with Crippen LogP contribution >= 0.6 is 11.3 Å². The number of fused-ring (bicyclic) bond motifs is 1. The summed E-state index contributed by atoms with van der Waals surface area (Å²) >= 11 is 1.50. The predicted molar refractivity (Wildman–Crippen MR) is 104 cm³/mol. The molecule has 0 saturated heterocycles.